The van der Waals surface area contributed by atoms with Crippen LogP contribution in [-0.4, -0.2) is 37.3 Å². The summed E-state index contributed by atoms with van der Waals surface area (Å²) in [7, 11) is 0. The van der Waals surface area contributed by atoms with Crippen molar-refractivity contribution in [1.82, 2.24) is 0 Å². The third-order valence-corrected chi connectivity index (χ3v) is 16.6. The monoisotopic (exact) mass is 434 g/mol. The molecule has 0 N–H and O–H groups in total. The SMILES string of the molecule is CCC[CH2][Sn]([CH2]CCC)([CH2]CCC)[O]C(=O)/C=C\C(=O)OCC. The summed E-state index contributed by atoms with van der Waals surface area (Å²) < 4.78 is 14.2. The van der Waals surface area contributed by atoms with E-state index in [4.69, 9.17) is 7.81 Å². The van der Waals surface area contributed by atoms with Crippen LogP contribution in [0.2, 0.25) is 13.3 Å². The third kappa shape index (κ3) is 10.8. The number of unbranched alkanes of at least 4 members (excludes halogenated alkanes) is 3. The molecule has 5 heteroatoms. The Labute approximate surface area is 146 Å². The van der Waals surface area contributed by atoms with Crippen LogP contribution in [0.5, 0.6) is 0 Å². The maximum absolute atomic E-state index is 12.2. The zero-order valence-electron chi connectivity index (χ0n) is 15.4. The fourth-order valence-electron chi connectivity index (χ4n) is 2.60. The summed E-state index contributed by atoms with van der Waals surface area (Å²) in [5, 5.41) is 0. The Hall–Kier alpha value is -0.521. The van der Waals surface area contributed by atoms with Gasteiger partial charge in [-0.15, -0.1) is 0 Å². The second-order valence-corrected chi connectivity index (χ2v) is 17.6. The minimum absolute atomic E-state index is 0.310. The van der Waals surface area contributed by atoms with E-state index in [1.807, 2.05) is 0 Å². The molecule has 0 aromatic carbocycles. The molecule has 0 spiro atoms. The van der Waals surface area contributed by atoms with E-state index in [0.29, 0.717) is 6.61 Å². The van der Waals surface area contributed by atoms with E-state index in [2.05, 4.69) is 20.8 Å². The van der Waals surface area contributed by atoms with Crippen LogP contribution >= 0.6 is 0 Å². The molecule has 0 heterocycles. The standard InChI is InChI=1S/C6H8O4.3C4H9.Sn/c1-2-10-6(9)4-3-5(7)8;3*1-3-4-2;/h3-4H,2H2,1H3,(H,7,8);3*1,3-4H2,2H3;/q;;;;+1/p-1/b4-3-;;;;. The molecule has 0 atom stereocenters. The van der Waals surface area contributed by atoms with Gasteiger partial charge in [0, 0.05) is 0 Å². The van der Waals surface area contributed by atoms with E-state index in [0.717, 1.165) is 51.8 Å². The molecular formula is C18H34O4Sn. The first kappa shape index (κ1) is 22.5. The Balaban J connectivity index is 4.91. The van der Waals surface area contributed by atoms with Crippen molar-refractivity contribution >= 4 is 30.7 Å². The van der Waals surface area contributed by atoms with Gasteiger partial charge in [0.1, 0.15) is 0 Å². The van der Waals surface area contributed by atoms with Crippen LogP contribution in [0.3, 0.4) is 0 Å². The summed E-state index contributed by atoms with van der Waals surface area (Å²) in [6.45, 7) is 8.59. The van der Waals surface area contributed by atoms with Gasteiger partial charge in [0.25, 0.3) is 0 Å². The van der Waals surface area contributed by atoms with Gasteiger partial charge in [-0.25, -0.2) is 0 Å². The molecular weight excluding hydrogens is 399 g/mol. The molecule has 0 amide bonds. The molecule has 0 aromatic rings. The average molecular weight is 433 g/mol. The molecule has 0 bridgehead atoms. The zero-order valence-corrected chi connectivity index (χ0v) is 18.2. The molecule has 0 aromatic heterocycles. The molecule has 0 unspecified atom stereocenters. The molecule has 0 rings (SSSR count). The van der Waals surface area contributed by atoms with Gasteiger partial charge in [0.15, 0.2) is 0 Å². The van der Waals surface area contributed by atoms with Crippen LogP contribution in [0, 0.1) is 0 Å². The van der Waals surface area contributed by atoms with Crippen molar-refractivity contribution in [3.63, 3.8) is 0 Å². The Morgan fingerprint density at radius 3 is 1.61 bits per heavy atom. The predicted molar refractivity (Wildman–Crippen MR) is 96.8 cm³/mol. The zero-order chi connectivity index (χ0) is 17.6. The Morgan fingerprint density at radius 1 is 0.783 bits per heavy atom. The molecule has 0 aliphatic heterocycles. The molecule has 0 saturated carbocycles. The molecule has 0 aliphatic carbocycles. The quantitative estimate of drug-likeness (QED) is 0.233. The number of hydrogen-bond donors (Lipinski definition) is 0. The Bertz CT molecular complexity index is 344. The van der Waals surface area contributed by atoms with Crippen LogP contribution in [0.15, 0.2) is 12.2 Å². The van der Waals surface area contributed by atoms with Crippen molar-refractivity contribution < 1.29 is 17.4 Å². The van der Waals surface area contributed by atoms with Crippen LogP contribution in [0.4, 0.5) is 0 Å². The maximum atomic E-state index is 12.2. The second-order valence-electron chi connectivity index (χ2n) is 6.00. The van der Waals surface area contributed by atoms with Crippen LogP contribution in [-0.2, 0) is 17.4 Å². The summed E-state index contributed by atoms with van der Waals surface area (Å²) in [5.41, 5.74) is 0. The van der Waals surface area contributed by atoms with Crippen molar-refractivity contribution in [2.24, 2.45) is 0 Å². The number of rotatable bonds is 13. The number of esters is 1. The van der Waals surface area contributed by atoms with Gasteiger partial charge in [0.05, 0.1) is 0 Å². The molecule has 0 fully saturated rings. The Morgan fingerprint density at radius 2 is 1.22 bits per heavy atom. The van der Waals surface area contributed by atoms with Gasteiger partial charge in [-0.2, -0.15) is 0 Å². The summed E-state index contributed by atoms with van der Waals surface area (Å²) in [5.74, 6) is -0.835. The first-order chi connectivity index (χ1) is 11.0. The molecule has 4 nitrogen and oxygen atoms in total. The summed E-state index contributed by atoms with van der Waals surface area (Å²) >= 11 is -2.92. The van der Waals surface area contributed by atoms with E-state index in [1.165, 1.54) is 12.2 Å². The number of carbonyl (C=O) groups excluding carboxylic acids is 2. The molecule has 0 aliphatic rings. The first-order valence-electron chi connectivity index (χ1n) is 9.11. The predicted octanol–water partition coefficient (Wildman–Crippen LogP) is 4.99. The average Bonchev–Trinajstić information content (AvgIpc) is 2.54. The molecule has 23 heavy (non-hydrogen) atoms. The van der Waals surface area contributed by atoms with Gasteiger partial charge in [-0.3, -0.25) is 0 Å². The molecule has 0 radical (unpaired) electrons. The fourth-order valence-corrected chi connectivity index (χ4v) is 15.6. The fraction of sp³-hybridized carbons (Fsp3) is 0.778. The van der Waals surface area contributed by atoms with Crippen LogP contribution in [0.1, 0.15) is 66.2 Å². The minimum atomic E-state index is -2.92. The second kappa shape index (κ2) is 13.9. The summed E-state index contributed by atoms with van der Waals surface area (Å²) in [4.78, 5) is 23.5. The number of hydrogen-bond acceptors (Lipinski definition) is 4. The van der Waals surface area contributed by atoms with E-state index >= 15 is 0 Å². The van der Waals surface area contributed by atoms with Gasteiger partial charge in [0.2, 0.25) is 0 Å². The van der Waals surface area contributed by atoms with E-state index in [-0.39, 0.29) is 5.97 Å². The van der Waals surface area contributed by atoms with Crippen molar-refractivity contribution in [3.05, 3.63) is 12.2 Å². The topological polar surface area (TPSA) is 52.6 Å². The number of ether oxygens (including phenoxy) is 1. The van der Waals surface area contributed by atoms with Gasteiger partial charge >= 0.3 is 146 Å². The third-order valence-electron chi connectivity index (χ3n) is 3.92. The van der Waals surface area contributed by atoms with Crippen molar-refractivity contribution in [3.8, 4) is 0 Å². The van der Waals surface area contributed by atoms with E-state index < -0.39 is 24.8 Å². The van der Waals surface area contributed by atoms with Crippen LogP contribution < -0.4 is 0 Å². The van der Waals surface area contributed by atoms with Crippen molar-refractivity contribution in [1.29, 1.82) is 0 Å². The van der Waals surface area contributed by atoms with E-state index in [1.54, 1.807) is 6.92 Å². The normalized spacial score (nSPS) is 11.7. The Kier molecular flexibility index (Phi) is 13.6. The van der Waals surface area contributed by atoms with Crippen LogP contribution in [0.25, 0.3) is 0 Å². The van der Waals surface area contributed by atoms with Crippen molar-refractivity contribution in [2.75, 3.05) is 6.61 Å². The van der Waals surface area contributed by atoms with Crippen molar-refractivity contribution in [2.45, 2.75) is 79.5 Å². The summed E-state index contributed by atoms with van der Waals surface area (Å²) in [6.07, 6.45) is 9.23. The molecule has 134 valence electrons. The van der Waals surface area contributed by atoms with E-state index in [9.17, 15) is 9.59 Å². The summed E-state index contributed by atoms with van der Waals surface area (Å²) in [6, 6.07) is 0. The number of carbonyl (C=O) groups is 2. The molecule has 0 saturated heterocycles. The van der Waals surface area contributed by atoms with Gasteiger partial charge in [-0.1, -0.05) is 0 Å². The van der Waals surface area contributed by atoms with Gasteiger partial charge < -0.3 is 0 Å². The van der Waals surface area contributed by atoms with Gasteiger partial charge in [-0.05, 0) is 0 Å². The first-order valence-corrected chi connectivity index (χ1v) is 16.3.